The van der Waals surface area contributed by atoms with Crippen LogP contribution in [0.5, 0.6) is 0 Å². The molecule has 1 aliphatic rings. The van der Waals surface area contributed by atoms with E-state index in [1.54, 1.807) is 37.2 Å². The van der Waals surface area contributed by atoms with Crippen LogP contribution >= 0.6 is 11.8 Å². The number of amides is 1. The summed E-state index contributed by atoms with van der Waals surface area (Å²) in [7, 11) is 3.44. The molecule has 1 heterocycles. The lowest BCUT2D eigenvalue weighted by molar-refractivity contribution is -0.125. The van der Waals surface area contributed by atoms with Crippen LogP contribution in [-0.4, -0.2) is 45.4 Å². The third-order valence-electron chi connectivity index (χ3n) is 3.51. The van der Waals surface area contributed by atoms with Crippen molar-refractivity contribution in [3.8, 4) is 11.4 Å². The Balaban J connectivity index is 1.90. The summed E-state index contributed by atoms with van der Waals surface area (Å²) in [5.74, 6) is 0.552. The SMILES string of the molecule is CN(C)C(=O)CSc1nnc(-c2ccccc2F)n1C1CC1. The fourth-order valence-corrected chi connectivity index (χ4v) is 3.10. The van der Waals surface area contributed by atoms with E-state index in [4.69, 9.17) is 0 Å². The maximum Gasteiger partial charge on any atom is 0.232 e. The summed E-state index contributed by atoms with van der Waals surface area (Å²) in [6.45, 7) is 0. The minimum atomic E-state index is -0.308. The van der Waals surface area contributed by atoms with Gasteiger partial charge < -0.3 is 4.90 Å². The molecule has 0 spiro atoms. The van der Waals surface area contributed by atoms with Crippen LogP contribution in [0.15, 0.2) is 29.4 Å². The lowest BCUT2D eigenvalue weighted by Crippen LogP contribution is -2.23. The monoisotopic (exact) mass is 320 g/mol. The minimum Gasteiger partial charge on any atom is -0.348 e. The summed E-state index contributed by atoms with van der Waals surface area (Å²) in [6, 6.07) is 6.87. The molecule has 1 aliphatic carbocycles. The number of hydrogen-bond donors (Lipinski definition) is 0. The van der Waals surface area contributed by atoms with Gasteiger partial charge >= 0.3 is 0 Å². The average Bonchev–Trinajstić information content (AvgIpc) is 3.25. The summed E-state index contributed by atoms with van der Waals surface area (Å²) in [6.07, 6.45) is 2.07. The molecule has 1 aromatic carbocycles. The van der Waals surface area contributed by atoms with Gasteiger partial charge in [-0.1, -0.05) is 23.9 Å². The summed E-state index contributed by atoms with van der Waals surface area (Å²) in [4.78, 5) is 13.3. The molecule has 0 aliphatic heterocycles. The van der Waals surface area contributed by atoms with Crippen molar-refractivity contribution in [3.63, 3.8) is 0 Å². The zero-order valence-corrected chi connectivity index (χ0v) is 13.3. The van der Waals surface area contributed by atoms with E-state index in [1.807, 2.05) is 4.57 Å². The van der Waals surface area contributed by atoms with Crippen molar-refractivity contribution in [2.45, 2.75) is 24.0 Å². The Morgan fingerprint density at radius 3 is 2.73 bits per heavy atom. The summed E-state index contributed by atoms with van der Waals surface area (Å²) in [5, 5.41) is 9.00. The first-order valence-electron chi connectivity index (χ1n) is 7.10. The van der Waals surface area contributed by atoms with Gasteiger partial charge in [0, 0.05) is 20.1 Å². The third-order valence-corrected chi connectivity index (χ3v) is 4.44. The Labute approximate surface area is 132 Å². The second-order valence-electron chi connectivity index (χ2n) is 5.46. The number of aromatic nitrogens is 3. The van der Waals surface area contributed by atoms with E-state index in [9.17, 15) is 9.18 Å². The number of rotatable bonds is 5. The van der Waals surface area contributed by atoms with Gasteiger partial charge in [-0.3, -0.25) is 9.36 Å². The van der Waals surface area contributed by atoms with Gasteiger partial charge in [0.2, 0.25) is 5.91 Å². The molecule has 1 fully saturated rings. The van der Waals surface area contributed by atoms with E-state index in [0.29, 0.717) is 28.3 Å². The predicted octanol–water partition coefficient (Wildman–Crippen LogP) is 2.60. The molecule has 0 bridgehead atoms. The smallest absolute Gasteiger partial charge is 0.232 e. The van der Waals surface area contributed by atoms with Crippen LogP contribution in [0.3, 0.4) is 0 Å². The number of carbonyl (C=O) groups excluding carboxylic acids is 1. The fourth-order valence-electron chi connectivity index (χ4n) is 2.12. The van der Waals surface area contributed by atoms with Gasteiger partial charge in [0.15, 0.2) is 11.0 Å². The van der Waals surface area contributed by atoms with Gasteiger partial charge in [0.1, 0.15) is 5.82 Å². The van der Waals surface area contributed by atoms with Crippen LogP contribution in [0.25, 0.3) is 11.4 Å². The van der Waals surface area contributed by atoms with E-state index in [2.05, 4.69) is 10.2 Å². The molecule has 0 saturated heterocycles. The number of nitrogens with zero attached hydrogens (tertiary/aromatic N) is 4. The van der Waals surface area contributed by atoms with E-state index in [0.717, 1.165) is 12.8 Å². The van der Waals surface area contributed by atoms with Gasteiger partial charge in [-0.2, -0.15) is 0 Å². The van der Waals surface area contributed by atoms with Gasteiger partial charge in [-0.15, -0.1) is 10.2 Å². The summed E-state index contributed by atoms with van der Waals surface area (Å²) < 4.78 is 16.0. The Hall–Kier alpha value is -1.89. The molecule has 1 aromatic heterocycles. The normalized spacial score (nSPS) is 14.1. The predicted molar refractivity (Wildman–Crippen MR) is 83.1 cm³/mol. The molecule has 7 heteroatoms. The highest BCUT2D eigenvalue weighted by Crippen LogP contribution is 2.41. The number of hydrogen-bond acceptors (Lipinski definition) is 4. The quantitative estimate of drug-likeness (QED) is 0.795. The zero-order valence-electron chi connectivity index (χ0n) is 12.5. The number of benzene rings is 1. The minimum absolute atomic E-state index is 0.0165. The standard InChI is InChI=1S/C15H17FN4OS/c1-19(2)13(21)9-22-15-18-17-14(20(15)10-7-8-10)11-5-3-4-6-12(11)16/h3-6,10H,7-9H2,1-2H3. The van der Waals surface area contributed by atoms with Crippen molar-refractivity contribution in [1.82, 2.24) is 19.7 Å². The van der Waals surface area contributed by atoms with Crippen LogP contribution in [0, 0.1) is 5.82 Å². The van der Waals surface area contributed by atoms with Crippen molar-refractivity contribution in [3.05, 3.63) is 30.1 Å². The van der Waals surface area contributed by atoms with E-state index in [1.165, 1.54) is 17.8 Å². The number of thioether (sulfide) groups is 1. The first-order valence-corrected chi connectivity index (χ1v) is 8.09. The Morgan fingerprint density at radius 1 is 1.36 bits per heavy atom. The van der Waals surface area contributed by atoms with Crippen LogP contribution in [-0.2, 0) is 4.79 Å². The highest BCUT2D eigenvalue weighted by molar-refractivity contribution is 7.99. The number of halogens is 1. The van der Waals surface area contributed by atoms with Crippen molar-refractivity contribution in [2.24, 2.45) is 0 Å². The van der Waals surface area contributed by atoms with E-state index >= 15 is 0 Å². The first-order chi connectivity index (χ1) is 10.6. The molecular weight excluding hydrogens is 303 g/mol. The molecule has 0 N–H and O–H groups in total. The molecule has 3 rings (SSSR count). The molecule has 116 valence electrons. The van der Waals surface area contributed by atoms with Gasteiger partial charge in [-0.05, 0) is 25.0 Å². The second kappa shape index (κ2) is 6.08. The largest absolute Gasteiger partial charge is 0.348 e. The Bertz CT molecular complexity index is 697. The molecule has 5 nitrogen and oxygen atoms in total. The maximum atomic E-state index is 14.0. The highest BCUT2D eigenvalue weighted by atomic mass is 32.2. The van der Waals surface area contributed by atoms with Gasteiger partial charge in [-0.25, -0.2) is 4.39 Å². The molecule has 0 radical (unpaired) electrons. The molecule has 1 amide bonds. The van der Waals surface area contributed by atoms with Crippen LogP contribution in [0.1, 0.15) is 18.9 Å². The van der Waals surface area contributed by atoms with E-state index < -0.39 is 0 Å². The van der Waals surface area contributed by atoms with E-state index in [-0.39, 0.29) is 11.7 Å². The molecular formula is C15H17FN4OS. The topological polar surface area (TPSA) is 51.0 Å². The Morgan fingerprint density at radius 2 is 2.09 bits per heavy atom. The van der Waals surface area contributed by atoms with Gasteiger partial charge in [0.05, 0.1) is 11.3 Å². The molecule has 2 aromatic rings. The van der Waals surface area contributed by atoms with Crippen LogP contribution < -0.4 is 0 Å². The zero-order chi connectivity index (χ0) is 15.7. The number of carbonyl (C=O) groups is 1. The highest BCUT2D eigenvalue weighted by Gasteiger charge is 2.31. The Kier molecular flexibility index (Phi) is 4.15. The molecule has 0 atom stereocenters. The molecule has 1 saturated carbocycles. The van der Waals surface area contributed by atoms with Gasteiger partial charge in [0.25, 0.3) is 0 Å². The summed E-state index contributed by atoms with van der Waals surface area (Å²) >= 11 is 1.35. The van der Waals surface area contributed by atoms with Crippen molar-refractivity contribution in [1.29, 1.82) is 0 Å². The average molecular weight is 320 g/mol. The van der Waals surface area contributed by atoms with Crippen LogP contribution in [0.4, 0.5) is 4.39 Å². The fraction of sp³-hybridized carbons (Fsp3) is 0.400. The maximum absolute atomic E-state index is 14.0. The van der Waals surface area contributed by atoms with Crippen molar-refractivity contribution < 1.29 is 9.18 Å². The lowest BCUT2D eigenvalue weighted by Gasteiger charge is -2.11. The van der Waals surface area contributed by atoms with Crippen molar-refractivity contribution in [2.75, 3.05) is 19.8 Å². The molecule has 22 heavy (non-hydrogen) atoms. The van der Waals surface area contributed by atoms with Crippen molar-refractivity contribution >= 4 is 17.7 Å². The lowest BCUT2D eigenvalue weighted by atomic mass is 10.2. The first kappa shape index (κ1) is 15.0. The molecule has 0 unspecified atom stereocenters. The second-order valence-corrected chi connectivity index (χ2v) is 6.41. The van der Waals surface area contributed by atoms with Crippen LogP contribution in [0.2, 0.25) is 0 Å². The third kappa shape index (κ3) is 2.99. The summed E-state index contributed by atoms with van der Waals surface area (Å²) in [5.41, 5.74) is 0.452.